The second-order valence-electron chi connectivity index (χ2n) is 5.91. The number of hydrogen-bond donors (Lipinski definition) is 2. The predicted molar refractivity (Wildman–Crippen MR) is 76.1 cm³/mol. The van der Waals surface area contributed by atoms with Gasteiger partial charge < -0.3 is 15.4 Å². The van der Waals surface area contributed by atoms with Crippen LogP contribution in [0.25, 0.3) is 0 Å². The zero-order valence-corrected chi connectivity index (χ0v) is 12.5. The summed E-state index contributed by atoms with van der Waals surface area (Å²) in [5.74, 6) is -0.0233. The summed E-state index contributed by atoms with van der Waals surface area (Å²) in [4.78, 5) is 15.7. The van der Waals surface area contributed by atoms with Crippen molar-refractivity contribution in [1.82, 2.24) is 9.55 Å². The van der Waals surface area contributed by atoms with E-state index in [0.717, 1.165) is 12.1 Å². The lowest BCUT2D eigenvalue weighted by Crippen LogP contribution is -2.34. The van der Waals surface area contributed by atoms with E-state index in [4.69, 9.17) is 5.73 Å². The van der Waals surface area contributed by atoms with Gasteiger partial charge in [0.25, 0.3) is 0 Å². The Morgan fingerprint density at radius 1 is 1.29 bits per heavy atom. The molecule has 0 spiro atoms. The summed E-state index contributed by atoms with van der Waals surface area (Å²) >= 11 is 0. The topological polar surface area (TPSA) is 115 Å². The van der Waals surface area contributed by atoms with Gasteiger partial charge in [0, 0.05) is 18.5 Å². The van der Waals surface area contributed by atoms with Crippen LogP contribution in [0, 0.1) is 0 Å². The number of carboxylic acids is 1. The van der Waals surface area contributed by atoms with E-state index in [0.29, 0.717) is 31.6 Å². The monoisotopic (exact) mass is 313 g/mol. The number of aromatic carboxylic acids is 1. The maximum Gasteiger partial charge on any atom is 0.356 e. The highest BCUT2D eigenvalue weighted by Crippen LogP contribution is 2.32. The molecule has 0 amide bonds. The Hall–Kier alpha value is -1.41. The number of carboxylic acid groups (broad SMARTS) is 1. The molecule has 0 aromatic carbocycles. The van der Waals surface area contributed by atoms with Crippen molar-refractivity contribution in [1.29, 1.82) is 0 Å². The number of hydrogen-bond acceptors (Lipinski definition) is 5. The standard InChI is InChI=1S/C13H19N3O4S/c14-9-1-2-10-11(13(17)18)15-12(16(10)7-9)8-3-5-21(19,20)6-4-8/h8-9H,1-7,14H2,(H,17,18). The Balaban J connectivity index is 1.97. The van der Waals surface area contributed by atoms with E-state index < -0.39 is 15.8 Å². The Morgan fingerprint density at radius 3 is 2.57 bits per heavy atom. The minimum atomic E-state index is -2.94. The highest BCUT2D eigenvalue weighted by molar-refractivity contribution is 7.91. The van der Waals surface area contributed by atoms with E-state index in [-0.39, 0.29) is 29.2 Å². The minimum absolute atomic E-state index is 0.000539. The van der Waals surface area contributed by atoms with Crippen LogP contribution in [0.2, 0.25) is 0 Å². The molecule has 0 bridgehead atoms. The number of sulfone groups is 1. The molecule has 8 heteroatoms. The van der Waals surface area contributed by atoms with Crippen molar-refractivity contribution in [3.05, 3.63) is 17.2 Å². The molecule has 2 aliphatic heterocycles. The molecule has 1 aromatic rings. The molecule has 1 unspecified atom stereocenters. The Kier molecular flexibility index (Phi) is 3.53. The number of carbonyl (C=O) groups is 1. The van der Waals surface area contributed by atoms with Gasteiger partial charge in [-0.3, -0.25) is 0 Å². The van der Waals surface area contributed by atoms with E-state index in [9.17, 15) is 18.3 Å². The van der Waals surface area contributed by atoms with E-state index in [1.165, 1.54) is 0 Å². The Bertz CT molecular complexity index is 666. The van der Waals surface area contributed by atoms with Crippen molar-refractivity contribution in [2.24, 2.45) is 5.73 Å². The predicted octanol–water partition coefficient (Wildman–Crippen LogP) is 0.147. The van der Waals surface area contributed by atoms with Gasteiger partial charge in [0.05, 0.1) is 17.2 Å². The highest BCUT2D eigenvalue weighted by Gasteiger charge is 2.33. The van der Waals surface area contributed by atoms with Gasteiger partial charge in [-0.2, -0.15) is 0 Å². The first-order valence-corrected chi connectivity index (χ1v) is 8.98. The fourth-order valence-electron chi connectivity index (χ4n) is 3.24. The summed E-state index contributed by atoms with van der Waals surface area (Å²) in [6.45, 7) is 0.564. The van der Waals surface area contributed by atoms with Crippen LogP contribution in [-0.4, -0.2) is 46.6 Å². The molecule has 1 atom stereocenters. The molecule has 0 aliphatic carbocycles. The van der Waals surface area contributed by atoms with Crippen molar-refractivity contribution in [3.63, 3.8) is 0 Å². The van der Waals surface area contributed by atoms with Crippen molar-refractivity contribution >= 4 is 15.8 Å². The molecule has 21 heavy (non-hydrogen) atoms. The molecule has 2 aliphatic rings. The van der Waals surface area contributed by atoms with Crippen LogP contribution in [0.5, 0.6) is 0 Å². The number of rotatable bonds is 2. The van der Waals surface area contributed by atoms with Crippen LogP contribution in [0.15, 0.2) is 0 Å². The van der Waals surface area contributed by atoms with Gasteiger partial charge in [-0.15, -0.1) is 0 Å². The third-order valence-corrected chi connectivity index (χ3v) is 6.11. The van der Waals surface area contributed by atoms with E-state index in [2.05, 4.69) is 4.98 Å². The largest absolute Gasteiger partial charge is 0.476 e. The Morgan fingerprint density at radius 2 is 1.95 bits per heavy atom. The first kappa shape index (κ1) is 14.5. The molecule has 1 fully saturated rings. The van der Waals surface area contributed by atoms with Gasteiger partial charge in [0.1, 0.15) is 15.7 Å². The van der Waals surface area contributed by atoms with Crippen LogP contribution in [0.3, 0.4) is 0 Å². The number of imidazole rings is 1. The van der Waals surface area contributed by atoms with Crippen molar-refractivity contribution in [3.8, 4) is 0 Å². The maximum atomic E-state index is 11.5. The fraction of sp³-hybridized carbons (Fsp3) is 0.692. The number of fused-ring (bicyclic) bond motifs is 1. The molecule has 3 heterocycles. The van der Waals surface area contributed by atoms with Crippen molar-refractivity contribution in [2.75, 3.05) is 11.5 Å². The molecule has 3 N–H and O–H groups in total. The highest BCUT2D eigenvalue weighted by atomic mass is 32.2. The molecule has 0 saturated carbocycles. The zero-order valence-electron chi connectivity index (χ0n) is 11.7. The number of nitrogens with zero attached hydrogens (tertiary/aromatic N) is 2. The number of nitrogens with two attached hydrogens (primary N) is 1. The summed E-state index contributed by atoms with van der Waals surface area (Å²) in [5.41, 5.74) is 6.82. The second-order valence-corrected chi connectivity index (χ2v) is 8.21. The molecule has 0 radical (unpaired) electrons. The van der Waals surface area contributed by atoms with Crippen LogP contribution in [-0.2, 0) is 22.8 Å². The summed E-state index contributed by atoms with van der Waals surface area (Å²) in [6, 6.07) is -0.000539. The van der Waals surface area contributed by atoms with Gasteiger partial charge in [-0.25, -0.2) is 18.2 Å². The average Bonchev–Trinajstić information content (AvgIpc) is 2.77. The van der Waals surface area contributed by atoms with E-state index >= 15 is 0 Å². The third-order valence-electron chi connectivity index (χ3n) is 4.39. The SMILES string of the molecule is NC1CCc2c(C(=O)O)nc(C3CCS(=O)(=O)CC3)n2C1. The van der Waals surface area contributed by atoms with Gasteiger partial charge in [0.15, 0.2) is 5.69 Å². The summed E-state index contributed by atoms with van der Waals surface area (Å²) in [5, 5.41) is 9.30. The van der Waals surface area contributed by atoms with Crippen molar-refractivity contribution < 1.29 is 18.3 Å². The summed E-state index contributed by atoms with van der Waals surface area (Å²) in [6.07, 6.45) is 2.38. The fourth-order valence-corrected chi connectivity index (χ4v) is 4.73. The minimum Gasteiger partial charge on any atom is -0.476 e. The normalized spacial score (nSPS) is 25.5. The number of aromatic nitrogens is 2. The lowest BCUT2D eigenvalue weighted by molar-refractivity contribution is 0.0689. The lowest BCUT2D eigenvalue weighted by Gasteiger charge is -2.27. The van der Waals surface area contributed by atoms with E-state index in [1.807, 2.05) is 4.57 Å². The first-order valence-electron chi connectivity index (χ1n) is 7.16. The summed E-state index contributed by atoms with van der Waals surface area (Å²) < 4.78 is 25.0. The molecule has 7 nitrogen and oxygen atoms in total. The molecule has 3 rings (SSSR count). The van der Waals surface area contributed by atoms with Gasteiger partial charge in [-0.1, -0.05) is 0 Å². The molecular weight excluding hydrogens is 294 g/mol. The molecular formula is C13H19N3O4S. The Labute approximate surface area is 123 Å². The van der Waals surface area contributed by atoms with Gasteiger partial charge in [0.2, 0.25) is 0 Å². The molecule has 116 valence electrons. The van der Waals surface area contributed by atoms with Crippen molar-refractivity contribution in [2.45, 2.75) is 44.2 Å². The second kappa shape index (κ2) is 5.10. The maximum absolute atomic E-state index is 11.5. The quantitative estimate of drug-likeness (QED) is 0.803. The smallest absolute Gasteiger partial charge is 0.356 e. The summed E-state index contributed by atoms with van der Waals surface area (Å²) in [7, 11) is -2.94. The van der Waals surface area contributed by atoms with Crippen LogP contribution in [0.1, 0.15) is 47.2 Å². The van der Waals surface area contributed by atoms with Crippen LogP contribution >= 0.6 is 0 Å². The van der Waals surface area contributed by atoms with Crippen LogP contribution in [0.4, 0.5) is 0 Å². The lowest BCUT2D eigenvalue weighted by atomic mass is 10.0. The van der Waals surface area contributed by atoms with Gasteiger partial charge >= 0.3 is 5.97 Å². The van der Waals surface area contributed by atoms with Crippen LogP contribution < -0.4 is 5.73 Å². The molecule has 1 aromatic heterocycles. The average molecular weight is 313 g/mol. The van der Waals surface area contributed by atoms with Gasteiger partial charge in [-0.05, 0) is 25.7 Å². The van der Waals surface area contributed by atoms with E-state index in [1.54, 1.807) is 0 Å². The molecule has 1 saturated heterocycles. The third kappa shape index (κ3) is 2.69. The first-order chi connectivity index (χ1) is 9.87. The zero-order chi connectivity index (χ0) is 15.2.